The smallest absolute Gasteiger partial charge is 0.129 e. The Balaban J connectivity index is 2.05. The minimum absolute atomic E-state index is 0.0527. The summed E-state index contributed by atoms with van der Waals surface area (Å²) in [6.07, 6.45) is 0.702. The van der Waals surface area contributed by atoms with E-state index < -0.39 is 11.6 Å². The van der Waals surface area contributed by atoms with Crippen LogP contribution in [0.1, 0.15) is 16.3 Å². The first kappa shape index (κ1) is 13.1. The molecule has 1 atom stereocenters. The van der Waals surface area contributed by atoms with Gasteiger partial charge in [0.05, 0.1) is 10.7 Å². The van der Waals surface area contributed by atoms with Crippen LogP contribution in [0.2, 0.25) is 0 Å². The Bertz CT molecular complexity index is 519. The zero-order valence-corrected chi connectivity index (χ0v) is 10.8. The van der Waals surface area contributed by atoms with E-state index in [1.165, 1.54) is 18.2 Å². The second kappa shape index (κ2) is 5.54. The summed E-state index contributed by atoms with van der Waals surface area (Å²) in [5.74, 6) is -1.08. The predicted octanol–water partition coefficient (Wildman–Crippen LogP) is 2.84. The molecule has 18 heavy (non-hydrogen) atoms. The van der Waals surface area contributed by atoms with Gasteiger partial charge in [-0.25, -0.2) is 13.8 Å². The van der Waals surface area contributed by atoms with Crippen molar-refractivity contribution in [1.29, 1.82) is 0 Å². The van der Waals surface area contributed by atoms with E-state index in [0.717, 1.165) is 10.7 Å². The summed E-state index contributed by atoms with van der Waals surface area (Å²) in [7, 11) is 0. The van der Waals surface area contributed by atoms with E-state index in [1.807, 2.05) is 12.3 Å². The van der Waals surface area contributed by atoms with Crippen molar-refractivity contribution >= 4 is 11.3 Å². The summed E-state index contributed by atoms with van der Waals surface area (Å²) in [6, 6.07) is 3.51. The summed E-state index contributed by atoms with van der Waals surface area (Å²) in [5, 5.41) is 2.89. The van der Waals surface area contributed by atoms with Crippen LogP contribution in [-0.2, 0) is 12.8 Å². The van der Waals surface area contributed by atoms with E-state index >= 15 is 0 Å². The number of hydrogen-bond donors (Lipinski definition) is 1. The number of nitrogens with two attached hydrogens (primary N) is 1. The van der Waals surface area contributed by atoms with Crippen molar-refractivity contribution in [3.63, 3.8) is 0 Å². The van der Waals surface area contributed by atoms with Crippen LogP contribution in [0.25, 0.3) is 0 Å². The molecule has 5 heteroatoms. The summed E-state index contributed by atoms with van der Waals surface area (Å²) in [6.45, 7) is 1.91. The van der Waals surface area contributed by atoms with E-state index in [1.54, 1.807) is 11.3 Å². The molecular weight excluding hydrogens is 254 g/mol. The molecule has 2 aromatic rings. The Morgan fingerprint density at radius 3 is 2.50 bits per heavy atom. The number of aromatic nitrogens is 1. The van der Waals surface area contributed by atoms with Crippen LogP contribution in [0.5, 0.6) is 0 Å². The molecule has 2 nitrogen and oxygen atoms in total. The molecule has 0 saturated carbocycles. The zero-order chi connectivity index (χ0) is 13.1. The van der Waals surface area contributed by atoms with Gasteiger partial charge in [0.25, 0.3) is 0 Å². The number of hydrogen-bond acceptors (Lipinski definition) is 3. The first-order valence-electron chi connectivity index (χ1n) is 5.65. The molecule has 1 aromatic carbocycles. The SMILES string of the molecule is Cc1nc(CC(N)Cc2c(F)cccc2F)cs1. The van der Waals surface area contributed by atoms with E-state index in [-0.39, 0.29) is 18.0 Å². The average Bonchev–Trinajstić information content (AvgIpc) is 2.69. The summed E-state index contributed by atoms with van der Waals surface area (Å²) >= 11 is 1.54. The molecule has 96 valence electrons. The van der Waals surface area contributed by atoms with Crippen molar-refractivity contribution in [1.82, 2.24) is 4.98 Å². The molecule has 2 rings (SSSR count). The number of aryl methyl sites for hydroxylation is 1. The van der Waals surface area contributed by atoms with Crippen LogP contribution in [0.15, 0.2) is 23.6 Å². The number of rotatable bonds is 4. The molecule has 0 aliphatic rings. The Labute approximate surface area is 108 Å². The molecule has 0 spiro atoms. The number of nitrogens with zero attached hydrogens (tertiary/aromatic N) is 1. The van der Waals surface area contributed by atoms with Crippen LogP contribution in [0, 0.1) is 18.6 Å². The fourth-order valence-corrected chi connectivity index (χ4v) is 2.46. The third-order valence-corrected chi connectivity index (χ3v) is 3.49. The molecule has 1 aromatic heterocycles. The molecule has 0 aliphatic carbocycles. The molecule has 1 unspecified atom stereocenters. The second-order valence-corrected chi connectivity index (χ2v) is 5.29. The molecule has 0 radical (unpaired) electrons. The number of benzene rings is 1. The molecule has 0 saturated heterocycles. The van der Waals surface area contributed by atoms with Crippen molar-refractivity contribution in [3.05, 3.63) is 51.5 Å². The quantitative estimate of drug-likeness (QED) is 0.926. The highest BCUT2D eigenvalue weighted by atomic mass is 32.1. The third kappa shape index (κ3) is 3.11. The molecule has 0 fully saturated rings. The monoisotopic (exact) mass is 268 g/mol. The standard InChI is InChI=1S/C13H14F2N2S/c1-8-17-10(7-18-8)5-9(16)6-11-12(14)3-2-4-13(11)15/h2-4,7,9H,5-6,16H2,1H3. The topological polar surface area (TPSA) is 38.9 Å². The van der Waals surface area contributed by atoms with Crippen LogP contribution in [0.4, 0.5) is 8.78 Å². The van der Waals surface area contributed by atoms with Crippen LogP contribution < -0.4 is 5.73 Å². The van der Waals surface area contributed by atoms with Gasteiger partial charge in [-0.1, -0.05) is 6.07 Å². The van der Waals surface area contributed by atoms with Crippen molar-refractivity contribution < 1.29 is 8.78 Å². The highest BCUT2D eigenvalue weighted by molar-refractivity contribution is 7.09. The van der Waals surface area contributed by atoms with E-state index in [2.05, 4.69) is 4.98 Å². The Kier molecular flexibility index (Phi) is 4.04. The fourth-order valence-electron chi connectivity index (χ4n) is 1.83. The van der Waals surface area contributed by atoms with Crippen molar-refractivity contribution in [2.45, 2.75) is 25.8 Å². The lowest BCUT2D eigenvalue weighted by Gasteiger charge is -2.11. The second-order valence-electron chi connectivity index (χ2n) is 4.23. The maximum Gasteiger partial charge on any atom is 0.129 e. The van der Waals surface area contributed by atoms with Gasteiger partial charge in [0.15, 0.2) is 0 Å². The maximum atomic E-state index is 13.4. The van der Waals surface area contributed by atoms with Gasteiger partial charge in [0.2, 0.25) is 0 Å². The fraction of sp³-hybridized carbons (Fsp3) is 0.308. The van der Waals surface area contributed by atoms with Gasteiger partial charge < -0.3 is 5.73 Å². The predicted molar refractivity (Wildman–Crippen MR) is 68.6 cm³/mol. The summed E-state index contributed by atoms with van der Waals surface area (Å²) in [4.78, 5) is 4.29. The van der Waals surface area contributed by atoms with Crippen molar-refractivity contribution in [2.24, 2.45) is 5.73 Å². The lowest BCUT2D eigenvalue weighted by Crippen LogP contribution is -2.26. The third-order valence-electron chi connectivity index (χ3n) is 2.67. The minimum atomic E-state index is -0.542. The molecular formula is C13H14F2N2S. The average molecular weight is 268 g/mol. The Morgan fingerprint density at radius 2 is 1.94 bits per heavy atom. The molecule has 0 amide bonds. The zero-order valence-electron chi connectivity index (χ0n) is 9.99. The number of thiazole rings is 1. The van der Waals surface area contributed by atoms with Gasteiger partial charge in [0, 0.05) is 23.4 Å². The molecule has 0 bridgehead atoms. The van der Waals surface area contributed by atoms with E-state index in [4.69, 9.17) is 5.73 Å². The van der Waals surface area contributed by atoms with Gasteiger partial charge in [0.1, 0.15) is 11.6 Å². The number of halogens is 2. The van der Waals surface area contributed by atoms with E-state index in [0.29, 0.717) is 6.42 Å². The van der Waals surface area contributed by atoms with Crippen LogP contribution in [-0.4, -0.2) is 11.0 Å². The highest BCUT2D eigenvalue weighted by Crippen LogP contribution is 2.16. The first-order valence-corrected chi connectivity index (χ1v) is 6.53. The highest BCUT2D eigenvalue weighted by Gasteiger charge is 2.14. The van der Waals surface area contributed by atoms with Crippen molar-refractivity contribution in [3.8, 4) is 0 Å². The van der Waals surface area contributed by atoms with E-state index in [9.17, 15) is 8.78 Å². The lowest BCUT2D eigenvalue weighted by atomic mass is 10.0. The van der Waals surface area contributed by atoms with Gasteiger partial charge in [-0.2, -0.15) is 0 Å². The molecule has 1 heterocycles. The summed E-state index contributed by atoms with van der Waals surface area (Å²) < 4.78 is 26.9. The normalized spacial score (nSPS) is 12.7. The molecule has 2 N–H and O–H groups in total. The lowest BCUT2D eigenvalue weighted by molar-refractivity contribution is 0.532. The van der Waals surface area contributed by atoms with Gasteiger partial charge >= 0.3 is 0 Å². The largest absolute Gasteiger partial charge is 0.327 e. The first-order chi connectivity index (χ1) is 8.56. The maximum absolute atomic E-state index is 13.4. The minimum Gasteiger partial charge on any atom is -0.327 e. The molecule has 0 aliphatic heterocycles. The van der Waals surface area contributed by atoms with Gasteiger partial charge in [-0.15, -0.1) is 11.3 Å². The Hall–Kier alpha value is -1.33. The van der Waals surface area contributed by atoms with Crippen molar-refractivity contribution in [2.75, 3.05) is 0 Å². The van der Waals surface area contributed by atoms with Crippen LogP contribution in [0.3, 0.4) is 0 Å². The van der Waals surface area contributed by atoms with Crippen LogP contribution >= 0.6 is 11.3 Å². The summed E-state index contributed by atoms with van der Waals surface area (Å²) in [5.41, 5.74) is 6.85. The van der Waals surface area contributed by atoms with Gasteiger partial charge in [-0.05, 0) is 25.5 Å². The van der Waals surface area contributed by atoms with Gasteiger partial charge in [-0.3, -0.25) is 0 Å². The Morgan fingerprint density at radius 1 is 1.28 bits per heavy atom.